The summed E-state index contributed by atoms with van der Waals surface area (Å²) in [6, 6.07) is 13.8. The van der Waals surface area contributed by atoms with Crippen molar-refractivity contribution in [3.8, 4) is 0 Å². The molecule has 2 aromatic rings. The minimum atomic E-state index is -3.69. The van der Waals surface area contributed by atoms with Crippen molar-refractivity contribution in [2.24, 2.45) is 0 Å². The van der Waals surface area contributed by atoms with Crippen molar-refractivity contribution < 1.29 is 13.2 Å². The third-order valence-electron chi connectivity index (χ3n) is 4.33. The Kier molecular flexibility index (Phi) is 7.86. The van der Waals surface area contributed by atoms with Crippen LogP contribution >= 0.6 is 11.6 Å². The van der Waals surface area contributed by atoms with Crippen LogP contribution in [0.1, 0.15) is 30.6 Å². The number of hydrogen-bond acceptors (Lipinski definition) is 4. The number of halogens is 1. The van der Waals surface area contributed by atoms with Gasteiger partial charge in [0.05, 0.1) is 15.5 Å². The van der Waals surface area contributed by atoms with Crippen LogP contribution in [0.2, 0.25) is 5.02 Å². The van der Waals surface area contributed by atoms with Gasteiger partial charge in [-0.2, -0.15) is 4.31 Å². The van der Waals surface area contributed by atoms with E-state index in [-0.39, 0.29) is 21.5 Å². The normalized spacial score (nSPS) is 11.6. The summed E-state index contributed by atoms with van der Waals surface area (Å²) in [6.07, 6.45) is 0.715. The molecular formula is C20H26ClN3O3S. The second-order valence-corrected chi connectivity index (χ2v) is 9.06. The van der Waals surface area contributed by atoms with Gasteiger partial charge in [-0.25, -0.2) is 8.42 Å². The van der Waals surface area contributed by atoms with Gasteiger partial charge < -0.3 is 10.6 Å². The molecule has 0 radical (unpaired) electrons. The summed E-state index contributed by atoms with van der Waals surface area (Å²) < 4.78 is 26.5. The van der Waals surface area contributed by atoms with Crippen LogP contribution in [0, 0.1) is 0 Å². The van der Waals surface area contributed by atoms with E-state index < -0.39 is 15.9 Å². The third-order valence-corrected chi connectivity index (χ3v) is 6.69. The van der Waals surface area contributed by atoms with Crippen molar-refractivity contribution in [3.63, 3.8) is 0 Å². The average Bonchev–Trinajstić information content (AvgIpc) is 2.67. The van der Waals surface area contributed by atoms with Crippen LogP contribution in [0.4, 0.5) is 5.69 Å². The standard InChI is InChI=1S/C20H26ClN3O3S/c1-15(2)24(3)28(26,27)17-10-11-19(21)18(14-17)20(25)23-13-7-12-22-16-8-5-4-6-9-16/h4-6,8-11,14-15,22H,7,12-13H2,1-3H3,(H,23,25). The maximum absolute atomic E-state index is 12.6. The van der Waals surface area contributed by atoms with Gasteiger partial charge >= 0.3 is 0 Å². The first-order valence-electron chi connectivity index (χ1n) is 9.08. The number of nitrogens with one attached hydrogen (secondary N) is 2. The van der Waals surface area contributed by atoms with Crippen molar-refractivity contribution in [3.05, 3.63) is 59.1 Å². The first-order valence-corrected chi connectivity index (χ1v) is 10.9. The van der Waals surface area contributed by atoms with Crippen molar-refractivity contribution in [1.82, 2.24) is 9.62 Å². The fourth-order valence-electron chi connectivity index (χ4n) is 2.46. The summed E-state index contributed by atoms with van der Waals surface area (Å²) in [5.41, 5.74) is 1.17. The molecule has 0 aliphatic carbocycles. The predicted molar refractivity (Wildman–Crippen MR) is 113 cm³/mol. The van der Waals surface area contributed by atoms with Crippen LogP contribution in [-0.4, -0.2) is 44.8 Å². The number of nitrogens with zero attached hydrogens (tertiary/aromatic N) is 1. The molecule has 0 aliphatic heterocycles. The molecule has 0 fully saturated rings. The molecule has 6 nitrogen and oxygen atoms in total. The molecular weight excluding hydrogens is 398 g/mol. The zero-order valence-electron chi connectivity index (χ0n) is 16.3. The van der Waals surface area contributed by atoms with Crippen LogP contribution in [0.25, 0.3) is 0 Å². The minimum absolute atomic E-state index is 0.0454. The highest BCUT2D eigenvalue weighted by atomic mass is 35.5. The van der Waals surface area contributed by atoms with E-state index in [1.165, 1.54) is 29.6 Å². The number of rotatable bonds is 9. The molecule has 0 unspecified atom stereocenters. The SMILES string of the molecule is CC(C)N(C)S(=O)(=O)c1ccc(Cl)c(C(=O)NCCCNc2ccccc2)c1. The van der Waals surface area contributed by atoms with Gasteiger partial charge in [0.15, 0.2) is 0 Å². The average molecular weight is 424 g/mol. The molecule has 8 heteroatoms. The third kappa shape index (κ3) is 5.70. The van der Waals surface area contributed by atoms with Gasteiger partial charge in [0.25, 0.3) is 5.91 Å². The zero-order valence-corrected chi connectivity index (χ0v) is 17.8. The molecule has 152 valence electrons. The van der Waals surface area contributed by atoms with Crippen molar-refractivity contribution in [1.29, 1.82) is 0 Å². The lowest BCUT2D eigenvalue weighted by molar-refractivity contribution is 0.0953. The van der Waals surface area contributed by atoms with E-state index in [1.54, 1.807) is 13.8 Å². The summed E-state index contributed by atoms with van der Waals surface area (Å²) in [5.74, 6) is -0.394. The minimum Gasteiger partial charge on any atom is -0.385 e. The van der Waals surface area contributed by atoms with Gasteiger partial charge in [0, 0.05) is 31.9 Å². The summed E-state index contributed by atoms with van der Waals surface area (Å²) in [5, 5.41) is 6.26. The number of carbonyl (C=O) groups is 1. The summed E-state index contributed by atoms with van der Waals surface area (Å²) in [4.78, 5) is 12.5. The number of anilines is 1. The first kappa shape index (κ1) is 22.2. The Hall–Kier alpha value is -2.09. The molecule has 0 heterocycles. The molecule has 2 N–H and O–H groups in total. The molecule has 0 saturated carbocycles. The smallest absolute Gasteiger partial charge is 0.252 e. The number of benzene rings is 2. The Balaban J connectivity index is 1.97. The summed E-state index contributed by atoms with van der Waals surface area (Å²) in [6.45, 7) is 4.71. The lowest BCUT2D eigenvalue weighted by atomic mass is 10.2. The highest BCUT2D eigenvalue weighted by Crippen LogP contribution is 2.23. The first-order chi connectivity index (χ1) is 13.2. The Bertz CT molecular complexity index is 902. The van der Waals surface area contributed by atoms with Crippen molar-refractivity contribution >= 4 is 33.2 Å². The molecule has 0 spiro atoms. The summed E-state index contributed by atoms with van der Waals surface area (Å²) >= 11 is 6.12. The molecule has 0 bridgehead atoms. The highest BCUT2D eigenvalue weighted by Gasteiger charge is 2.24. The lowest BCUT2D eigenvalue weighted by Crippen LogP contribution is -2.33. The quantitative estimate of drug-likeness (QED) is 0.604. The lowest BCUT2D eigenvalue weighted by Gasteiger charge is -2.21. The van der Waals surface area contributed by atoms with E-state index in [1.807, 2.05) is 30.3 Å². The number of para-hydroxylation sites is 1. The van der Waals surface area contributed by atoms with E-state index in [4.69, 9.17) is 11.6 Å². The Morgan fingerprint density at radius 3 is 2.43 bits per heavy atom. The maximum Gasteiger partial charge on any atom is 0.252 e. The number of carbonyl (C=O) groups excluding carboxylic acids is 1. The van der Waals surface area contributed by atoms with Crippen LogP contribution in [0.15, 0.2) is 53.4 Å². The van der Waals surface area contributed by atoms with Crippen molar-refractivity contribution in [2.45, 2.75) is 31.2 Å². The molecule has 28 heavy (non-hydrogen) atoms. The highest BCUT2D eigenvalue weighted by molar-refractivity contribution is 7.89. The Morgan fingerprint density at radius 1 is 1.11 bits per heavy atom. The fourth-order valence-corrected chi connectivity index (χ4v) is 4.05. The van der Waals surface area contributed by atoms with E-state index in [0.717, 1.165) is 5.69 Å². The molecule has 0 atom stereocenters. The van der Waals surface area contributed by atoms with E-state index in [0.29, 0.717) is 19.5 Å². The molecule has 2 rings (SSSR count). The largest absolute Gasteiger partial charge is 0.385 e. The second kappa shape index (κ2) is 9.91. The van der Waals surface area contributed by atoms with Gasteiger partial charge in [0.1, 0.15) is 0 Å². The van der Waals surface area contributed by atoms with Gasteiger partial charge in [-0.3, -0.25) is 4.79 Å². The van der Waals surface area contributed by atoms with Gasteiger partial charge in [0.2, 0.25) is 10.0 Å². The summed E-state index contributed by atoms with van der Waals surface area (Å²) in [7, 11) is -2.18. The topological polar surface area (TPSA) is 78.5 Å². The molecule has 0 aromatic heterocycles. The molecule has 1 amide bonds. The zero-order chi connectivity index (χ0) is 20.7. The van der Waals surface area contributed by atoms with E-state index in [2.05, 4.69) is 10.6 Å². The molecule has 0 saturated heterocycles. The van der Waals surface area contributed by atoms with E-state index >= 15 is 0 Å². The van der Waals surface area contributed by atoms with Gasteiger partial charge in [-0.1, -0.05) is 29.8 Å². The monoisotopic (exact) mass is 423 g/mol. The Labute approximate surface area is 171 Å². The van der Waals surface area contributed by atoms with Crippen LogP contribution in [0.5, 0.6) is 0 Å². The predicted octanol–water partition coefficient (Wildman–Crippen LogP) is 3.60. The maximum atomic E-state index is 12.6. The number of hydrogen-bond donors (Lipinski definition) is 2. The van der Waals surface area contributed by atoms with Gasteiger partial charge in [-0.05, 0) is 50.6 Å². The van der Waals surface area contributed by atoms with Crippen LogP contribution in [0.3, 0.4) is 0 Å². The number of sulfonamides is 1. The van der Waals surface area contributed by atoms with Gasteiger partial charge in [-0.15, -0.1) is 0 Å². The molecule has 0 aliphatic rings. The van der Waals surface area contributed by atoms with Crippen molar-refractivity contribution in [2.75, 3.05) is 25.5 Å². The van der Waals surface area contributed by atoms with Crippen LogP contribution < -0.4 is 10.6 Å². The fraction of sp³-hybridized carbons (Fsp3) is 0.350. The second-order valence-electron chi connectivity index (χ2n) is 6.66. The number of amides is 1. The van der Waals surface area contributed by atoms with Crippen LogP contribution in [-0.2, 0) is 10.0 Å². The van der Waals surface area contributed by atoms with E-state index in [9.17, 15) is 13.2 Å². The molecule has 2 aromatic carbocycles. The Morgan fingerprint density at radius 2 is 1.79 bits per heavy atom.